The number of rotatable bonds is 8. The number of fused-ring (bicyclic) bond motifs is 1. The number of carboxylic acid groups (broad SMARTS) is 1. The minimum Gasteiger partial charge on any atom is -0.477 e. The Morgan fingerprint density at radius 2 is 1.59 bits per heavy atom. The Labute approximate surface area is 235 Å². The van der Waals surface area contributed by atoms with Gasteiger partial charge in [-0.05, 0) is 66.1 Å². The van der Waals surface area contributed by atoms with Crippen LogP contribution >= 0.6 is 0 Å². The molecule has 0 aliphatic heterocycles. The van der Waals surface area contributed by atoms with Gasteiger partial charge in [-0.2, -0.15) is 0 Å². The average molecular weight is 547 g/mol. The Hall–Kier alpha value is -5.57. The van der Waals surface area contributed by atoms with Crippen molar-refractivity contribution in [2.75, 3.05) is 5.32 Å². The summed E-state index contributed by atoms with van der Waals surface area (Å²) < 4.78 is 1.67. The molecule has 2 aromatic heterocycles. The molecule has 0 aliphatic carbocycles. The number of aromatic nitrogens is 2. The molecule has 2 amide bonds. The third kappa shape index (κ3) is 6.04. The summed E-state index contributed by atoms with van der Waals surface area (Å²) in [6, 6.07) is 24.3. The highest BCUT2D eigenvalue weighted by atomic mass is 16.4. The number of hydrogen-bond acceptors (Lipinski definition) is 5. The first-order valence-electron chi connectivity index (χ1n) is 12.9. The first-order chi connectivity index (χ1) is 19.8. The van der Waals surface area contributed by atoms with Gasteiger partial charge in [0.1, 0.15) is 11.6 Å². The van der Waals surface area contributed by atoms with Gasteiger partial charge in [-0.1, -0.05) is 42.5 Å². The highest BCUT2D eigenvalue weighted by molar-refractivity contribution is 6.02. The van der Waals surface area contributed by atoms with E-state index in [-0.39, 0.29) is 10.9 Å². The summed E-state index contributed by atoms with van der Waals surface area (Å²) in [5.74, 6) is -2.25. The van der Waals surface area contributed by atoms with E-state index in [2.05, 4.69) is 15.6 Å². The van der Waals surface area contributed by atoms with Crippen LogP contribution in [0.1, 0.15) is 33.2 Å². The molecule has 41 heavy (non-hydrogen) atoms. The van der Waals surface area contributed by atoms with Gasteiger partial charge in [0, 0.05) is 41.8 Å². The molecular weight excluding hydrogens is 520 g/mol. The fourth-order valence-corrected chi connectivity index (χ4v) is 4.48. The molecule has 0 saturated heterocycles. The number of amides is 2. The fraction of sp³-hybridized carbons (Fsp3) is 0.0938. The number of nitrogens with zero attached hydrogens (tertiary/aromatic N) is 2. The van der Waals surface area contributed by atoms with Crippen LogP contribution in [0.25, 0.3) is 22.0 Å². The maximum absolute atomic E-state index is 13.0. The standard InChI is InChI=1S/C32H26N4O5/c1-20(34-31(39)24-9-7-23(8-10-24)22-5-3-2-4-6-22)30(38)35-25-11-12-28-26(17-25)29(37)27(32(40)41)19-36(28)18-21-13-15-33-16-14-21/h2-17,19-20H,18H2,1H3,(H,34,39)(H,35,38)(H,40,41)/t20-/m0/s1. The van der Waals surface area contributed by atoms with Crippen LogP contribution in [-0.2, 0) is 11.3 Å². The van der Waals surface area contributed by atoms with E-state index in [1.807, 2.05) is 42.5 Å². The van der Waals surface area contributed by atoms with Gasteiger partial charge in [0.05, 0.1) is 5.52 Å². The van der Waals surface area contributed by atoms with Crippen LogP contribution in [0.15, 0.2) is 108 Å². The molecule has 0 spiro atoms. The van der Waals surface area contributed by atoms with Crippen molar-refractivity contribution in [2.45, 2.75) is 19.5 Å². The summed E-state index contributed by atoms with van der Waals surface area (Å²) in [6.45, 7) is 1.87. The molecule has 204 valence electrons. The van der Waals surface area contributed by atoms with Gasteiger partial charge in [-0.25, -0.2) is 4.79 Å². The van der Waals surface area contributed by atoms with Gasteiger partial charge in [0.25, 0.3) is 5.91 Å². The Bertz CT molecular complexity index is 1800. The monoisotopic (exact) mass is 546 g/mol. The number of nitrogens with one attached hydrogen (secondary N) is 2. The number of carbonyl (C=O) groups excluding carboxylic acids is 2. The van der Waals surface area contributed by atoms with Crippen LogP contribution in [0.4, 0.5) is 5.69 Å². The normalized spacial score (nSPS) is 11.5. The van der Waals surface area contributed by atoms with E-state index >= 15 is 0 Å². The van der Waals surface area contributed by atoms with E-state index in [0.29, 0.717) is 23.3 Å². The van der Waals surface area contributed by atoms with E-state index in [1.54, 1.807) is 60.3 Å². The molecule has 3 N–H and O–H groups in total. The molecule has 0 unspecified atom stereocenters. The van der Waals surface area contributed by atoms with Crippen LogP contribution in [0.5, 0.6) is 0 Å². The lowest BCUT2D eigenvalue weighted by atomic mass is 10.0. The van der Waals surface area contributed by atoms with Crippen molar-refractivity contribution in [2.24, 2.45) is 0 Å². The van der Waals surface area contributed by atoms with Crippen molar-refractivity contribution >= 4 is 34.4 Å². The molecule has 9 nitrogen and oxygen atoms in total. The van der Waals surface area contributed by atoms with Gasteiger partial charge < -0.3 is 20.3 Å². The maximum atomic E-state index is 13.0. The first-order valence-corrected chi connectivity index (χ1v) is 12.9. The van der Waals surface area contributed by atoms with E-state index in [0.717, 1.165) is 16.7 Å². The number of carbonyl (C=O) groups is 3. The second-order valence-corrected chi connectivity index (χ2v) is 9.52. The van der Waals surface area contributed by atoms with E-state index in [4.69, 9.17) is 0 Å². The minimum absolute atomic E-state index is 0.145. The quantitative estimate of drug-likeness (QED) is 0.261. The molecule has 0 radical (unpaired) electrons. The van der Waals surface area contributed by atoms with Crippen molar-refractivity contribution in [3.63, 3.8) is 0 Å². The van der Waals surface area contributed by atoms with Gasteiger partial charge in [-0.3, -0.25) is 19.4 Å². The first kappa shape index (κ1) is 27.0. The summed E-state index contributed by atoms with van der Waals surface area (Å²) in [5.41, 5.74) is 3.05. The van der Waals surface area contributed by atoms with Gasteiger partial charge in [-0.15, -0.1) is 0 Å². The second kappa shape index (κ2) is 11.7. The topological polar surface area (TPSA) is 130 Å². The smallest absolute Gasteiger partial charge is 0.341 e. The van der Waals surface area contributed by atoms with Crippen LogP contribution in [0.3, 0.4) is 0 Å². The molecule has 0 aliphatic rings. The van der Waals surface area contributed by atoms with Gasteiger partial charge in [0.2, 0.25) is 11.3 Å². The molecule has 0 bridgehead atoms. The molecule has 9 heteroatoms. The molecule has 5 aromatic rings. The Balaban J connectivity index is 1.32. The highest BCUT2D eigenvalue weighted by Crippen LogP contribution is 2.21. The fourth-order valence-electron chi connectivity index (χ4n) is 4.48. The number of pyridine rings is 2. The second-order valence-electron chi connectivity index (χ2n) is 9.52. The molecule has 0 fully saturated rings. The lowest BCUT2D eigenvalue weighted by Crippen LogP contribution is -2.41. The summed E-state index contributed by atoms with van der Waals surface area (Å²) in [4.78, 5) is 54.5. The Kier molecular flexibility index (Phi) is 7.69. The van der Waals surface area contributed by atoms with Gasteiger partial charge >= 0.3 is 5.97 Å². The molecule has 0 saturated carbocycles. The third-order valence-electron chi connectivity index (χ3n) is 6.68. The zero-order valence-corrected chi connectivity index (χ0v) is 22.1. The van der Waals surface area contributed by atoms with Crippen molar-refractivity contribution in [1.29, 1.82) is 0 Å². The number of aromatic carboxylic acids is 1. The zero-order valence-electron chi connectivity index (χ0n) is 22.1. The van der Waals surface area contributed by atoms with E-state index < -0.39 is 29.3 Å². The average Bonchev–Trinajstić information content (AvgIpc) is 2.99. The molecule has 3 aromatic carbocycles. The van der Waals surface area contributed by atoms with Crippen LogP contribution < -0.4 is 16.1 Å². The van der Waals surface area contributed by atoms with Crippen molar-refractivity contribution in [3.05, 3.63) is 130 Å². The minimum atomic E-state index is -1.34. The van der Waals surface area contributed by atoms with E-state index in [1.165, 1.54) is 12.3 Å². The van der Waals surface area contributed by atoms with Crippen molar-refractivity contribution < 1.29 is 19.5 Å². The lowest BCUT2D eigenvalue weighted by Gasteiger charge is -2.16. The van der Waals surface area contributed by atoms with Crippen LogP contribution in [0.2, 0.25) is 0 Å². The summed E-state index contributed by atoms with van der Waals surface area (Å²) in [5, 5.41) is 15.2. The Morgan fingerprint density at radius 3 is 2.27 bits per heavy atom. The summed E-state index contributed by atoms with van der Waals surface area (Å²) in [6.07, 6.45) is 4.58. The number of carboxylic acids is 1. The van der Waals surface area contributed by atoms with Crippen LogP contribution in [-0.4, -0.2) is 38.5 Å². The molecule has 5 rings (SSSR count). The maximum Gasteiger partial charge on any atom is 0.341 e. The lowest BCUT2D eigenvalue weighted by molar-refractivity contribution is -0.117. The molecule has 2 heterocycles. The Morgan fingerprint density at radius 1 is 0.902 bits per heavy atom. The largest absolute Gasteiger partial charge is 0.477 e. The number of hydrogen-bond donors (Lipinski definition) is 3. The molecule has 1 atom stereocenters. The van der Waals surface area contributed by atoms with Crippen LogP contribution in [0, 0.1) is 0 Å². The highest BCUT2D eigenvalue weighted by Gasteiger charge is 2.19. The third-order valence-corrected chi connectivity index (χ3v) is 6.68. The summed E-state index contributed by atoms with van der Waals surface area (Å²) >= 11 is 0. The predicted octanol–water partition coefficient (Wildman–Crippen LogP) is 4.57. The summed E-state index contributed by atoms with van der Waals surface area (Å²) in [7, 11) is 0. The predicted molar refractivity (Wildman–Crippen MR) is 156 cm³/mol. The SMILES string of the molecule is C[C@H](NC(=O)c1ccc(-c2ccccc2)cc1)C(=O)Nc1ccc2c(c1)c(=O)c(C(=O)O)cn2Cc1ccncc1. The van der Waals surface area contributed by atoms with Gasteiger partial charge in [0.15, 0.2) is 0 Å². The van der Waals surface area contributed by atoms with Crippen molar-refractivity contribution in [3.8, 4) is 11.1 Å². The number of anilines is 1. The molecular formula is C32H26N4O5. The van der Waals surface area contributed by atoms with E-state index in [9.17, 15) is 24.3 Å². The zero-order chi connectivity index (χ0) is 28.9. The number of benzene rings is 3. The van der Waals surface area contributed by atoms with Crippen molar-refractivity contribution in [1.82, 2.24) is 14.9 Å².